The van der Waals surface area contributed by atoms with E-state index < -0.39 is 10.0 Å². The van der Waals surface area contributed by atoms with Gasteiger partial charge >= 0.3 is 0 Å². The van der Waals surface area contributed by atoms with Crippen molar-refractivity contribution >= 4 is 27.7 Å². The van der Waals surface area contributed by atoms with E-state index in [0.717, 1.165) is 5.56 Å². The molecule has 0 unspecified atom stereocenters. The molecule has 0 fully saturated rings. The van der Waals surface area contributed by atoms with Crippen LogP contribution < -0.4 is 10.1 Å². The van der Waals surface area contributed by atoms with Gasteiger partial charge in [0.15, 0.2) is 0 Å². The van der Waals surface area contributed by atoms with Crippen LogP contribution >= 0.6 is 0 Å². The summed E-state index contributed by atoms with van der Waals surface area (Å²) >= 11 is 0. The number of sulfonamides is 1. The molecule has 0 aliphatic carbocycles. The van der Waals surface area contributed by atoms with Crippen LogP contribution in [-0.2, 0) is 14.8 Å². The SMILES string of the molecule is COc1cccc(/C=C/C(=O)Nc2ccc(S(=O)(=O)N(C)C(C)C)cc2)c1. The fourth-order valence-electron chi connectivity index (χ4n) is 2.26. The van der Waals surface area contributed by atoms with Gasteiger partial charge in [0.05, 0.1) is 12.0 Å². The third kappa shape index (κ3) is 5.42. The summed E-state index contributed by atoms with van der Waals surface area (Å²) in [6.07, 6.45) is 3.08. The Labute approximate surface area is 160 Å². The summed E-state index contributed by atoms with van der Waals surface area (Å²) in [7, 11) is -0.419. The highest BCUT2D eigenvalue weighted by atomic mass is 32.2. The minimum Gasteiger partial charge on any atom is -0.497 e. The average Bonchev–Trinajstić information content (AvgIpc) is 2.66. The average molecular weight is 388 g/mol. The van der Waals surface area contributed by atoms with Crippen LogP contribution in [0.15, 0.2) is 59.5 Å². The van der Waals surface area contributed by atoms with Crippen molar-refractivity contribution in [3.05, 3.63) is 60.2 Å². The molecule has 0 heterocycles. The molecular weight excluding hydrogens is 364 g/mol. The number of hydrogen-bond donors (Lipinski definition) is 1. The van der Waals surface area contributed by atoms with Crippen LogP contribution in [0.5, 0.6) is 5.75 Å². The zero-order chi connectivity index (χ0) is 20.0. The van der Waals surface area contributed by atoms with Gasteiger partial charge in [0.2, 0.25) is 15.9 Å². The molecule has 1 amide bonds. The summed E-state index contributed by atoms with van der Waals surface area (Å²) in [5.41, 5.74) is 1.35. The largest absolute Gasteiger partial charge is 0.497 e. The lowest BCUT2D eigenvalue weighted by Crippen LogP contribution is -2.33. The van der Waals surface area contributed by atoms with Crippen molar-refractivity contribution in [3.63, 3.8) is 0 Å². The second-order valence-electron chi connectivity index (χ2n) is 6.24. The summed E-state index contributed by atoms with van der Waals surface area (Å²) in [6, 6.07) is 13.3. The third-order valence-electron chi connectivity index (χ3n) is 4.05. The normalized spacial score (nSPS) is 11.9. The molecule has 0 aromatic heterocycles. The lowest BCUT2D eigenvalue weighted by atomic mass is 10.2. The van der Waals surface area contributed by atoms with Crippen LogP contribution in [0.25, 0.3) is 6.08 Å². The molecule has 0 atom stereocenters. The minimum atomic E-state index is -3.54. The van der Waals surface area contributed by atoms with Gasteiger partial charge < -0.3 is 10.1 Å². The van der Waals surface area contributed by atoms with E-state index in [-0.39, 0.29) is 16.8 Å². The molecule has 1 N–H and O–H groups in total. The van der Waals surface area contributed by atoms with E-state index >= 15 is 0 Å². The van der Waals surface area contributed by atoms with E-state index in [9.17, 15) is 13.2 Å². The van der Waals surface area contributed by atoms with Crippen LogP contribution in [0.4, 0.5) is 5.69 Å². The van der Waals surface area contributed by atoms with Gasteiger partial charge in [0, 0.05) is 24.9 Å². The maximum absolute atomic E-state index is 12.4. The van der Waals surface area contributed by atoms with Crippen molar-refractivity contribution < 1.29 is 17.9 Å². The first-order valence-corrected chi connectivity index (χ1v) is 9.89. The number of carbonyl (C=O) groups excluding carboxylic acids is 1. The number of nitrogens with zero attached hydrogens (tertiary/aromatic N) is 1. The van der Waals surface area contributed by atoms with E-state index in [4.69, 9.17) is 4.74 Å². The van der Waals surface area contributed by atoms with Crippen LogP contribution in [0.1, 0.15) is 19.4 Å². The van der Waals surface area contributed by atoms with Crippen LogP contribution in [0, 0.1) is 0 Å². The topological polar surface area (TPSA) is 75.7 Å². The Morgan fingerprint density at radius 3 is 2.41 bits per heavy atom. The van der Waals surface area contributed by atoms with Crippen LogP contribution in [0.2, 0.25) is 0 Å². The Balaban J connectivity index is 2.05. The highest BCUT2D eigenvalue weighted by Crippen LogP contribution is 2.19. The zero-order valence-corrected chi connectivity index (χ0v) is 16.7. The number of ether oxygens (including phenoxy) is 1. The van der Waals surface area contributed by atoms with Gasteiger partial charge in [-0.05, 0) is 61.9 Å². The van der Waals surface area contributed by atoms with E-state index in [1.165, 1.54) is 22.5 Å². The van der Waals surface area contributed by atoms with E-state index in [0.29, 0.717) is 11.4 Å². The number of methoxy groups -OCH3 is 1. The van der Waals surface area contributed by atoms with Crippen molar-refractivity contribution in [3.8, 4) is 5.75 Å². The smallest absolute Gasteiger partial charge is 0.248 e. The highest BCUT2D eigenvalue weighted by Gasteiger charge is 2.22. The Morgan fingerprint density at radius 1 is 1.15 bits per heavy atom. The first-order chi connectivity index (χ1) is 12.7. The van der Waals surface area contributed by atoms with E-state index in [1.54, 1.807) is 46.2 Å². The van der Waals surface area contributed by atoms with E-state index in [2.05, 4.69) is 5.32 Å². The molecule has 0 aliphatic heterocycles. The number of carbonyl (C=O) groups is 1. The minimum absolute atomic E-state index is 0.142. The Morgan fingerprint density at radius 2 is 1.81 bits per heavy atom. The standard InChI is InChI=1S/C20H24N2O4S/c1-15(2)22(3)27(24,25)19-11-9-17(10-12-19)21-20(23)13-8-16-6-5-7-18(14-16)26-4/h5-15H,1-4H3,(H,21,23)/b13-8+. The fraction of sp³-hybridized carbons (Fsp3) is 0.250. The van der Waals surface area contributed by atoms with Crippen LogP contribution in [-0.4, -0.2) is 38.8 Å². The zero-order valence-electron chi connectivity index (χ0n) is 15.8. The summed E-state index contributed by atoms with van der Waals surface area (Å²) in [5, 5.41) is 2.71. The summed E-state index contributed by atoms with van der Waals surface area (Å²) in [6.45, 7) is 3.61. The maximum atomic E-state index is 12.4. The molecule has 0 aliphatic rings. The predicted octanol–water partition coefficient (Wildman–Crippen LogP) is 3.38. The van der Waals surface area contributed by atoms with Gasteiger partial charge in [-0.2, -0.15) is 4.31 Å². The van der Waals surface area contributed by atoms with Gasteiger partial charge in [0.1, 0.15) is 5.75 Å². The number of anilines is 1. The van der Waals surface area contributed by atoms with Crippen molar-refractivity contribution in [1.29, 1.82) is 0 Å². The monoisotopic (exact) mass is 388 g/mol. The van der Waals surface area contributed by atoms with Crippen molar-refractivity contribution in [2.24, 2.45) is 0 Å². The lowest BCUT2D eigenvalue weighted by Gasteiger charge is -2.21. The maximum Gasteiger partial charge on any atom is 0.248 e. The molecule has 2 rings (SSSR count). The fourth-order valence-corrected chi connectivity index (χ4v) is 3.62. The van der Waals surface area contributed by atoms with Gasteiger partial charge in [0.25, 0.3) is 0 Å². The molecule has 0 radical (unpaired) electrons. The van der Waals surface area contributed by atoms with Crippen LogP contribution in [0.3, 0.4) is 0 Å². The number of nitrogens with one attached hydrogen (secondary N) is 1. The number of amides is 1. The molecule has 144 valence electrons. The number of benzene rings is 2. The predicted molar refractivity (Wildman–Crippen MR) is 107 cm³/mol. The molecule has 7 heteroatoms. The highest BCUT2D eigenvalue weighted by molar-refractivity contribution is 7.89. The molecule has 0 saturated carbocycles. The van der Waals surface area contributed by atoms with Crippen molar-refractivity contribution in [1.82, 2.24) is 4.31 Å². The molecular formula is C20H24N2O4S. The first kappa shape index (κ1) is 20.7. The molecule has 6 nitrogen and oxygen atoms in total. The number of hydrogen-bond acceptors (Lipinski definition) is 4. The van der Waals surface area contributed by atoms with Gasteiger partial charge in [-0.15, -0.1) is 0 Å². The molecule has 2 aromatic carbocycles. The molecule has 2 aromatic rings. The van der Waals surface area contributed by atoms with Gasteiger partial charge in [-0.1, -0.05) is 12.1 Å². The molecule has 0 spiro atoms. The Hall–Kier alpha value is -2.64. The molecule has 27 heavy (non-hydrogen) atoms. The summed E-state index contributed by atoms with van der Waals surface area (Å²) in [4.78, 5) is 12.2. The van der Waals surface area contributed by atoms with Gasteiger partial charge in [-0.3, -0.25) is 4.79 Å². The molecule has 0 saturated heterocycles. The first-order valence-electron chi connectivity index (χ1n) is 8.45. The second kappa shape index (κ2) is 8.83. The van der Waals surface area contributed by atoms with Crippen molar-refractivity contribution in [2.75, 3.05) is 19.5 Å². The Kier molecular flexibility index (Phi) is 6.76. The quantitative estimate of drug-likeness (QED) is 0.738. The number of rotatable bonds is 7. The molecule has 0 bridgehead atoms. The van der Waals surface area contributed by atoms with E-state index in [1.807, 2.05) is 24.3 Å². The van der Waals surface area contributed by atoms with Gasteiger partial charge in [-0.25, -0.2) is 8.42 Å². The summed E-state index contributed by atoms with van der Waals surface area (Å²) in [5.74, 6) is 0.397. The Bertz CT molecular complexity index is 919. The summed E-state index contributed by atoms with van der Waals surface area (Å²) < 4.78 is 31.3. The lowest BCUT2D eigenvalue weighted by molar-refractivity contribution is -0.111. The van der Waals surface area contributed by atoms with Crippen molar-refractivity contribution in [2.45, 2.75) is 24.8 Å². The second-order valence-corrected chi connectivity index (χ2v) is 8.24. The third-order valence-corrected chi connectivity index (χ3v) is 6.09.